The van der Waals surface area contributed by atoms with Crippen molar-refractivity contribution < 1.29 is 8.78 Å². The van der Waals surface area contributed by atoms with E-state index in [1.165, 1.54) is 12.1 Å². The monoisotopic (exact) mass is 537 g/mol. The summed E-state index contributed by atoms with van der Waals surface area (Å²) >= 11 is 0. The van der Waals surface area contributed by atoms with Crippen LogP contribution < -0.4 is 15.5 Å². The molecule has 1 aromatic heterocycles. The quantitative estimate of drug-likeness (QED) is 0.287. The standard InChI is InChI=1S/C23H25F2N5.HI/c1-2-26-23(28-14-21-19-6-4-3-5-16(19)9-11-27-21)29-18-10-12-30(15-18)22-8-7-17(24)13-20(22)25;/h3-9,11,13,18H,2,10,12,14-15H2,1H3,(H2,26,28,29);1H. The predicted molar refractivity (Wildman–Crippen MR) is 132 cm³/mol. The summed E-state index contributed by atoms with van der Waals surface area (Å²) in [5, 5.41) is 8.95. The number of nitrogens with zero attached hydrogens (tertiary/aromatic N) is 3. The fraction of sp³-hybridized carbons (Fsp3) is 0.304. The lowest BCUT2D eigenvalue weighted by atomic mass is 10.1. The van der Waals surface area contributed by atoms with Gasteiger partial charge in [-0.3, -0.25) is 4.98 Å². The van der Waals surface area contributed by atoms with E-state index in [1.807, 2.05) is 30.0 Å². The van der Waals surface area contributed by atoms with Crippen molar-refractivity contribution in [2.75, 3.05) is 24.5 Å². The molecule has 1 atom stereocenters. The molecule has 0 saturated carbocycles. The van der Waals surface area contributed by atoms with Crippen LogP contribution in [0.15, 0.2) is 59.7 Å². The van der Waals surface area contributed by atoms with Gasteiger partial charge in [0, 0.05) is 43.3 Å². The van der Waals surface area contributed by atoms with Crippen molar-refractivity contribution in [3.63, 3.8) is 0 Å². The largest absolute Gasteiger partial charge is 0.367 e. The molecule has 3 aromatic rings. The second-order valence-electron chi connectivity index (χ2n) is 7.35. The molecular weight excluding hydrogens is 511 g/mol. The minimum atomic E-state index is -0.561. The minimum Gasteiger partial charge on any atom is -0.367 e. The molecule has 2 N–H and O–H groups in total. The van der Waals surface area contributed by atoms with Crippen LogP contribution >= 0.6 is 24.0 Å². The average Bonchev–Trinajstić information content (AvgIpc) is 3.20. The van der Waals surface area contributed by atoms with Gasteiger partial charge < -0.3 is 15.5 Å². The van der Waals surface area contributed by atoms with E-state index < -0.39 is 11.6 Å². The second kappa shape index (κ2) is 10.7. The smallest absolute Gasteiger partial charge is 0.191 e. The highest BCUT2D eigenvalue weighted by molar-refractivity contribution is 14.0. The Hall–Kier alpha value is -2.49. The third-order valence-electron chi connectivity index (χ3n) is 5.27. The molecule has 8 heteroatoms. The fourth-order valence-corrected chi connectivity index (χ4v) is 3.81. The minimum absolute atomic E-state index is 0. The van der Waals surface area contributed by atoms with Crippen LogP contribution in [0, 0.1) is 11.6 Å². The summed E-state index contributed by atoms with van der Waals surface area (Å²) in [5.74, 6) is -0.384. The van der Waals surface area contributed by atoms with Gasteiger partial charge in [-0.25, -0.2) is 13.8 Å². The number of hydrogen-bond donors (Lipinski definition) is 2. The van der Waals surface area contributed by atoms with E-state index in [2.05, 4.69) is 27.8 Å². The van der Waals surface area contributed by atoms with Crippen molar-refractivity contribution in [2.24, 2.45) is 4.99 Å². The maximum absolute atomic E-state index is 14.1. The molecule has 2 aromatic carbocycles. The molecule has 164 valence electrons. The number of fused-ring (bicyclic) bond motifs is 1. The van der Waals surface area contributed by atoms with Crippen LogP contribution in [-0.2, 0) is 6.54 Å². The first kappa shape index (κ1) is 23.2. The van der Waals surface area contributed by atoms with Crippen molar-refractivity contribution in [3.05, 3.63) is 72.1 Å². The number of pyridine rings is 1. The number of benzene rings is 2. The first-order valence-electron chi connectivity index (χ1n) is 10.2. The Labute approximate surface area is 198 Å². The van der Waals surface area contributed by atoms with Crippen molar-refractivity contribution in [3.8, 4) is 0 Å². The molecule has 1 unspecified atom stereocenters. The molecule has 4 rings (SSSR count). The van der Waals surface area contributed by atoms with E-state index in [1.54, 1.807) is 6.20 Å². The molecule has 5 nitrogen and oxygen atoms in total. The number of halogens is 3. The highest BCUT2D eigenvalue weighted by Crippen LogP contribution is 2.24. The zero-order valence-corrected chi connectivity index (χ0v) is 19.6. The van der Waals surface area contributed by atoms with Gasteiger partial charge in [0.1, 0.15) is 11.6 Å². The van der Waals surface area contributed by atoms with Crippen LogP contribution in [0.25, 0.3) is 10.8 Å². The molecule has 0 radical (unpaired) electrons. The van der Waals surface area contributed by atoms with Gasteiger partial charge in [0.05, 0.1) is 17.9 Å². The Morgan fingerprint density at radius 1 is 1.19 bits per heavy atom. The molecular formula is C23H26F2IN5. The number of guanidine groups is 1. The predicted octanol–water partition coefficient (Wildman–Crippen LogP) is 4.47. The van der Waals surface area contributed by atoms with Crippen LogP contribution in [0.5, 0.6) is 0 Å². The zero-order chi connectivity index (χ0) is 20.9. The van der Waals surface area contributed by atoms with Crippen LogP contribution in [0.3, 0.4) is 0 Å². The Morgan fingerprint density at radius 2 is 2.03 bits per heavy atom. The SMILES string of the molecule is CCNC(=NCc1nccc2ccccc12)NC1CCN(c2ccc(F)cc2F)C1.I. The molecule has 31 heavy (non-hydrogen) atoms. The number of aliphatic imine (C=N–C) groups is 1. The summed E-state index contributed by atoms with van der Waals surface area (Å²) in [4.78, 5) is 11.1. The van der Waals surface area contributed by atoms with E-state index in [0.29, 0.717) is 31.3 Å². The Morgan fingerprint density at radius 3 is 2.84 bits per heavy atom. The number of aromatic nitrogens is 1. The number of anilines is 1. The van der Waals surface area contributed by atoms with Crippen molar-refractivity contribution in [1.29, 1.82) is 0 Å². The molecule has 1 saturated heterocycles. The average molecular weight is 537 g/mol. The van der Waals surface area contributed by atoms with Gasteiger partial charge in [0.2, 0.25) is 0 Å². The highest BCUT2D eigenvalue weighted by atomic mass is 127. The normalized spacial score (nSPS) is 16.3. The summed E-state index contributed by atoms with van der Waals surface area (Å²) < 4.78 is 27.3. The number of nitrogens with one attached hydrogen (secondary N) is 2. The summed E-state index contributed by atoms with van der Waals surface area (Å²) in [6.45, 7) is 4.53. The maximum Gasteiger partial charge on any atom is 0.191 e. The molecule has 1 aliphatic rings. The van der Waals surface area contributed by atoms with Crippen LogP contribution in [0.2, 0.25) is 0 Å². The Kier molecular flexibility index (Phi) is 8.00. The lowest BCUT2D eigenvalue weighted by Gasteiger charge is -2.21. The topological polar surface area (TPSA) is 52.6 Å². The van der Waals surface area contributed by atoms with Crippen molar-refractivity contribution >= 4 is 46.4 Å². The van der Waals surface area contributed by atoms with E-state index in [-0.39, 0.29) is 30.0 Å². The van der Waals surface area contributed by atoms with Gasteiger partial charge in [-0.2, -0.15) is 0 Å². The lowest BCUT2D eigenvalue weighted by Crippen LogP contribution is -2.44. The maximum atomic E-state index is 14.1. The van der Waals surface area contributed by atoms with Crippen LogP contribution in [-0.4, -0.2) is 36.6 Å². The second-order valence-corrected chi connectivity index (χ2v) is 7.35. The molecule has 2 heterocycles. The summed E-state index contributed by atoms with van der Waals surface area (Å²) in [7, 11) is 0. The third-order valence-corrected chi connectivity index (χ3v) is 5.27. The van der Waals surface area contributed by atoms with Gasteiger partial charge in [0.25, 0.3) is 0 Å². The van der Waals surface area contributed by atoms with Gasteiger partial charge in [-0.1, -0.05) is 24.3 Å². The molecule has 0 spiro atoms. The molecule has 0 bridgehead atoms. The lowest BCUT2D eigenvalue weighted by molar-refractivity contribution is 0.580. The van der Waals surface area contributed by atoms with Gasteiger partial charge in [-0.05, 0) is 36.9 Å². The molecule has 0 amide bonds. The van der Waals surface area contributed by atoms with E-state index in [4.69, 9.17) is 4.99 Å². The van der Waals surface area contributed by atoms with Gasteiger partial charge in [0.15, 0.2) is 5.96 Å². The summed E-state index contributed by atoms with van der Waals surface area (Å²) in [5.41, 5.74) is 1.36. The van der Waals surface area contributed by atoms with Gasteiger partial charge in [-0.15, -0.1) is 24.0 Å². The number of hydrogen-bond acceptors (Lipinski definition) is 3. The van der Waals surface area contributed by atoms with Crippen molar-refractivity contribution in [1.82, 2.24) is 15.6 Å². The highest BCUT2D eigenvalue weighted by Gasteiger charge is 2.25. The molecule has 1 fully saturated rings. The van der Waals surface area contributed by atoms with E-state index in [0.717, 1.165) is 35.5 Å². The molecule has 1 aliphatic heterocycles. The first-order valence-corrected chi connectivity index (χ1v) is 10.2. The third kappa shape index (κ3) is 5.61. The number of rotatable bonds is 5. The summed E-state index contributed by atoms with van der Waals surface area (Å²) in [6.07, 6.45) is 2.65. The Bertz CT molecular complexity index is 1050. The fourth-order valence-electron chi connectivity index (χ4n) is 3.81. The van der Waals surface area contributed by atoms with Crippen LogP contribution in [0.4, 0.5) is 14.5 Å². The van der Waals surface area contributed by atoms with E-state index in [9.17, 15) is 8.78 Å². The van der Waals surface area contributed by atoms with Crippen molar-refractivity contribution in [2.45, 2.75) is 25.9 Å². The van der Waals surface area contributed by atoms with Gasteiger partial charge >= 0.3 is 0 Å². The van der Waals surface area contributed by atoms with E-state index >= 15 is 0 Å². The first-order chi connectivity index (χ1) is 14.6. The molecule has 0 aliphatic carbocycles. The summed E-state index contributed by atoms with van der Waals surface area (Å²) in [6, 6.07) is 14.0. The Balaban J connectivity index is 0.00000272. The van der Waals surface area contributed by atoms with Crippen LogP contribution in [0.1, 0.15) is 19.0 Å². The zero-order valence-electron chi connectivity index (χ0n) is 17.3.